The third kappa shape index (κ3) is 4.97. The molecule has 0 radical (unpaired) electrons. The van der Waals surface area contributed by atoms with Gasteiger partial charge in [0.15, 0.2) is 5.69 Å². The standard InChI is InChI=1S/C24H21N5O2/c1-17-12-13-19(26-24(31)25-18-8-4-2-5-9-18)16-22(17)27-23(30)21-14-15-29(28-21)20-10-6-3-7-11-20/h2-16H,1H3,(H,27,30)(H2,25,26,31). The Balaban J connectivity index is 1.44. The Kier molecular flexibility index (Phi) is 5.75. The van der Waals surface area contributed by atoms with Gasteiger partial charge in [-0.15, -0.1) is 0 Å². The van der Waals surface area contributed by atoms with Crippen LogP contribution in [-0.2, 0) is 0 Å². The summed E-state index contributed by atoms with van der Waals surface area (Å²) in [6.07, 6.45) is 1.74. The first kappa shape index (κ1) is 19.9. The molecule has 0 aliphatic rings. The molecular formula is C24H21N5O2. The van der Waals surface area contributed by atoms with Crippen molar-refractivity contribution in [2.24, 2.45) is 0 Å². The van der Waals surface area contributed by atoms with Gasteiger partial charge < -0.3 is 16.0 Å². The van der Waals surface area contributed by atoms with Gasteiger partial charge in [-0.05, 0) is 55.0 Å². The molecular weight excluding hydrogens is 390 g/mol. The van der Waals surface area contributed by atoms with Gasteiger partial charge in [0.1, 0.15) is 0 Å². The first-order valence-corrected chi connectivity index (χ1v) is 9.75. The number of carbonyl (C=O) groups excluding carboxylic acids is 2. The summed E-state index contributed by atoms with van der Waals surface area (Å²) in [5, 5.41) is 12.8. The molecule has 1 aromatic heterocycles. The zero-order chi connectivity index (χ0) is 21.6. The van der Waals surface area contributed by atoms with E-state index >= 15 is 0 Å². The molecule has 4 rings (SSSR count). The number of urea groups is 1. The molecule has 0 unspecified atom stereocenters. The van der Waals surface area contributed by atoms with Gasteiger partial charge in [-0.2, -0.15) is 5.10 Å². The number of nitrogens with one attached hydrogen (secondary N) is 3. The molecule has 7 nitrogen and oxygen atoms in total. The molecule has 0 aliphatic heterocycles. The van der Waals surface area contributed by atoms with Crippen LogP contribution in [0.25, 0.3) is 5.69 Å². The summed E-state index contributed by atoms with van der Waals surface area (Å²) in [7, 11) is 0. The van der Waals surface area contributed by atoms with Crippen molar-refractivity contribution in [3.8, 4) is 5.69 Å². The monoisotopic (exact) mass is 411 g/mol. The summed E-state index contributed by atoms with van der Waals surface area (Å²) >= 11 is 0. The van der Waals surface area contributed by atoms with Crippen molar-refractivity contribution in [3.63, 3.8) is 0 Å². The first-order chi connectivity index (χ1) is 15.1. The number of amides is 3. The molecule has 0 aliphatic carbocycles. The van der Waals surface area contributed by atoms with E-state index in [0.717, 1.165) is 11.3 Å². The van der Waals surface area contributed by atoms with Crippen molar-refractivity contribution in [2.75, 3.05) is 16.0 Å². The molecule has 31 heavy (non-hydrogen) atoms. The Hall–Kier alpha value is -4.39. The summed E-state index contributed by atoms with van der Waals surface area (Å²) in [4.78, 5) is 24.9. The lowest BCUT2D eigenvalue weighted by Crippen LogP contribution is -2.20. The van der Waals surface area contributed by atoms with Gasteiger partial charge >= 0.3 is 6.03 Å². The Morgan fingerprint density at radius 3 is 2.19 bits per heavy atom. The SMILES string of the molecule is Cc1ccc(NC(=O)Nc2ccccc2)cc1NC(=O)c1ccn(-c2ccccc2)n1. The minimum atomic E-state index is -0.367. The highest BCUT2D eigenvalue weighted by Gasteiger charge is 2.13. The first-order valence-electron chi connectivity index (χ1n) is 9.75. The molecule has 1 heterocycles. The summed E-state index contributed by atoms with van der Waals surface area (Å²) in [5.74, 6) is -0.330. The molecule has 0 bridgehead atoms. The third-order valence-electron chi connectivity index (χ3n) is 4.62. The fourth-order valence-corrected chi connectivity index (χ4v) is 3.01. The van der Waals surface area contributed by atoms with Gasteiger partial charge in [0, 0.05) is 23.3 Å². The maximum atomic E-state index is 12.7. The number of rotatable bonds is 5. The van der Waals surface area contributed by atoms with Crippen LogP contribution in [0, 0.1) is 6.92 Å². The number of benzene rings is 3. The molecule has 3 aromatic carbocycles. The largest absolute Gasteiger partial charge is 0.323 e. The van der Waals surface area contributed by atoms with Crippen molar-refractivity contribution in [1.29, 1.82) is 0 Å². The molecule has 3 N–H and O–H groups in total. The molecule has 154 valence electrons. The van der Waals surface area contributed by atoms with Crippen LogP contribution >= 0.6 is 0 Å². The average Bonchev–Trinajstić information content (AvgIpc) is 3.28. The quantitative estimate of drug-likeness (QED) is 0.428. The van der Waals surface area contributed by atoms with E-state index in [9.17, 15) is 9.59 Å². The number of aromatic nitrogens is 2. The number of carbonyl (C=O) groups is 2. The molecule has 0 saturated heterocycles. The van der Waals surface area contributed by atoms with Crippen LogP contribution < -0.4 is 16.0 Å². The van der Waals surface area contributed by atoms with Gasteiger partial charge in [0.05, 0.1) is 5.69 Å². The number of aryl methyl sites for hydroxylation is 1. The number of hydrogen-bond acceptors (Lipinski definition) is 3. The van der Waals surface area contributed by atoms with E-state index in [0.29, 0.717) is 22.8 Å². The van der Waals surface area contributed by atoms with Gasteiger partial charge in [0.25, 0.3) is 5.91 Å². The van der Waals surface area contributed by atoms with Crippen LogP contribution in [0.4, 0.5) is 21.9 Å². The second kappa shape index (κ2) is 8.96. The fraction of sp³-hybridized carbons (Fsp3) is 0.0417. The van der Waals surface area contributed by atoms with Crippen molar-refractivity contribution in [3.05, 3.63) is 102 Å². The highest BCUT2D eigenvalue weighted by Crippen LogP contribution is 2.21. The van der Waals surface area contributed by atoms with Crippen molar-refractivity contribution >= 4 is 29.0 Å². The van der Waals surface area contributed by atoms with Crippen LogP contribution in [-0.4, -0.2) is 21.7 Å². The van der Waals surface area contributed by atoms with E-state index in [4.69, 9.17) is 0 Å². The smallest absolute Gasteiger partial charge is 0.320 e. The second-order valence-corrected chi connectivity index (χ2v) is 6.91. The van der Waals surface area contributed by atoms with E-state index < -0.39 is 0 Å². The maximum absolute atomic E-state index is 12.7. The molecule has 0 spiro atoms. The van der Waals surface area contributed by atoms with Crippen molar-refractivity contribution in [2.45, 2.75) is 6.92 Å². The minimum absolute atomic E-state index is 0.295. The number of anilines is 3. The van der Waals surface area contributed by atoms with Crippen LogP contribution in [0.5, 0.6) is 0 Å². The maximum Gasteiger partial charge on any atom is 0.323 e. The Bertz CT molecular complexity index is 1200. The predicted octanol–water partition coefficient (Wildman–Crippen LogP) is 5.08. The summed E-state index contributed by atoms with van der Waals surface area (Å²) in [5.41, 5.74) is 3.87. The molecule has 0 atom stereocenters. The van der Waals surface area contributed by atoms with Crippen LogP contribution in [0.2, 0.25) is 0 Å². The zero-order valence-corrected chi connectivity index (χ0v) is 16.9. The average molecular weight is 411 g/mol. The highest BCUT2D eigenvalue weighted by atomic mass is 16.2. The summed E-state index contributed by atoms with van der Waals surface area (Å²) in [6.45, 7) is 1.88. The Morgan fingerprint density at radius 1 is 0.774 bits per heavy atom. The molecule has 3 amide bonds. The molecule has 0 fully saturated rings. The van der Waals surface area contributed by atoms with Gasteiger partial charge in [-0.3, -0.25) is 4.79 Å². The van der Waals surface area contributed by atoms with Crippen LogP contribution in [0.15, 0.2) is 91.1 Å². The lowest BCUT2D eigenvalue weighted by atomic mass is 10.1. The van der Waals surface area contributed by atoms with E-state index in [1.54, 1.807) is 41.2 Å². The summed E-state index contributed by atoms with van der Waals surface area (Å²) in [6, 6.07) is 25.3. The third-order valence-corrected chi connectivity index (χ3v) is 4.62. The molecule has 4 aromatic rings. The summed E-state index contributed by atoms with van der Waals surface area (Å²) < 4.78 is 1.65. The number of para-hydroxylation sites is 2. The normalized spacial score (nSPS) is 10.4. The van der Waals surface area contributed by atoms with Crippen molar-refractivity contribution in [1.82, 2.24) is 9.78 Å². The number of nitrogens with zero attached hydrogens (tertiary/aromatic N) is 2. The Morgan fingerprint density at radius 2 is 1.45 bits per heavy atom. The predicted molar refractivity (Wildman–Crippen MR) is 122 cm³/mol. The lowest BCUT2D eigenvalue weighted by molar-refractivity contribution is 0.102. The topological polar surface area (TPSA) is 88.0 Å². The van der Waals surface area contributed by atoms with Crippen LogP contribution in [0.3, 0.4) is 0 Å². The Labute approximate surface area is 179 Å². The van der Waals surface area contributed by atoms with Gasteiger partial charge in [0.2, 0.25) is 0 Å². The van der Waals surface area contributed by atoms with Gasteiger partial charge in [-0.25, -0.2) is 9.48 Å². The van der Waals surface area contributed by atoms with E-state index in [1.807, 2.05) is 61.5 Å². The van der Waals surface area contributed by atoms with Gasteiger partial charge in [-0.1, -0.05) is 42.5 Å². The highest BCUT2D eigenvalue weighted by molar-refractivity contribution is 6.04. The zero-order valence-electron chi connectivity index (χ0n) is 16.9. The van der Waals surface area contributed by atoms with Crippen LogP contribution in [0.1, 0.15) is 16.1 Å². The molecule has 0 saturated carbocycles. The number of hydrogen-bond donors (Lipinski definition) is 3. The van der Waals surface area contributed by atoms with E-state index in [2.05, 4.69) is 21.0 Å². The van der Waals surface area contributed by atoms with E-state index in [-0.39, 0.29) is 11.9 Å². The van der Waals surface area contributed by atoms with Crippen molar-refractivity contribution < 1.29 is 9.59 Å². The molecule has 7 heteroatoms. The second-order valence-electron chi connectivity index (χ2n) is 6.91. The minimum Gasteiger partial charge on any atom is -0.320 e. The fourth-order valence-electron chi connectivity index (χ4n) is 3.01. The van der Waals surface area contributed by atoms with E-state index in [1.165, 1.54) is 0 Å². The lowest BCUT2D eigenvalue weighted by Gasteiger charge is -2.12.